The molecule has 0 saturated heterocycles. The molecule has 90 valence electrons. The van der Waals surface area contributed by atoms with Gasteiger partial charge in [-0.05, 0) is 43.2 Å². The van der Waals surface area contributed by atoms with E-state index in [1.807, 2.05) is 37.4 Å². The third-order valence-corrected chi connectivity index (χ3v) is 3.57. The van der Waals surface area contributed by atoms with Gasteiger partial charge in [-0.15, -0.1) is 0 Å². The van der Waals surface area contributed by atoms with Gasteiger partial charge in [-0.3, -0.25) is 9.98 Å². The van der Waals surface area contributed by atoms with Crippen LogP contribution in [0.1, 0.15) is 23.7 Å². The van der Waals surface area contributed by atoms with Gasteiger partial charge in [0.15, 0.2) is 0 Å². The summed E-state index contributed by atoms with van der Waals surface area (Å²) in [4.78, 5) is 9.13. The Morgan fingerprint density at radius 3 is 3.00 bits per heavy atom. The van der Waals surface area contributed by atoms with Crippen LogP contribution in [0, 0.1) is 6.92 Å². The Morgan fingerprint density at radius 1 is 1.33 bits per heavy atom. The second kappa shape index (κ2) is 4.54. The van der Waals surface area contributed by atoms with Gasteiger partial charge in [0.2, 0.25) is 0 Å². The molecule has 1 atom stereocenters. The van der Waals surface area contributed by atoms with Crippen molar-refractivity contribution in [2.24, 2.45) is 4.99 Å². The summed E-state index contributed by atoms with van der Waals surface area (Å²) in [6.07, 6.45) is 6.89. The summed E-state index contributed by atoms with van der Waals surface area (Å²) >= 11 is 6.23. The lowest BCUT2D eigenvalue weighted by Crippen LogP contribution is -2.02. The first-order valence-corrected chi connectivity index (χ1v) is 6.37. The maximum Gasteiger partial charge on any atom is 0.0801 e. The molecule has 2 heterocycles. The van der Waals surface area contributed by atoms with Gasteiger partial charge in [0.05, 0.1) is 11.6 Å². The van der Waals surface area contributed by atoms with Gasteiger partial charge in [-0.25, -0.2) is 0 Å². The Labute approximate surface area is 111 Å². The normalized spacial score (nSPS) is 18.4. The van der Waals surface area contributed by atoms with Gasteiger partial charge in [0, 0.05) is 22.3 Å². The van der Waals surface area contributed by atoms with Gasteiger partial charge < -0.3 is 0 Å². The predicted octanol–water partition coefficient (Wildman–Crippen LogP) is 4.27. The number of allylic oxidation sites excluding steroid dienone is 1. The Bertz CT molecular complexity index is 659. The van der Waals surface area contributed by atoms with Crippen molar-refractivity contribution in [1.82, 2.24) is 4.98 Å². The third kappa shape index (κ3) is 1.93. The smallest absolute Gasteiger partial charge is 0.0801 e. The van der Waals surface area contributed by atoms with Crippen LogP contribution in [0.5, 0.6) is 0 Å². The van der Waals surface area contributed by atoms with Crippen LogP contribution in [0.15, 0.2) is 41.4 Å². The predicted molar refractivity (Wildman–Crippen MR) is 76.5 cm³/mol. The zero-order valence-corrected chi connectivity index (χ0v) is 10.9. The van der Waals surface area contributed by atoms with Crippen LogP contribution in [0.4, 0.5) is 0 Å². The van der Waals surface area contributed by atoms with E-state index in [4.69, 9.17) is 11.6 Å². The molecule has 2 aromatic rings. The summed E-state index contributed by atoms with van der Waals surface area (Å²) in [6.45, 7) is 2.03. The molecular weight excluding hydrogens is 244 g/mol. The molecule has 0 saturated carbocycles. The number of aryl methyl sites for hydroxylation is 1. The summed E-state index contributed by atoms with van der Waals surface area (Å²) in [5.74, 6) is 0. The Morgan fingerprint density at radius 2 is 2.22 bits per heavy atom. The van der Waals surface area contributed by atoms with E-state index in [0.29, 0.717) is 0 Å². The fraction of sp³-hybridized carbons (Fsp3) is 0.200. The number of hydrogen-bond donors (Lipinski definition) is 0. The number of pyridine rings is 1. The molecular formula is C15H13ClN2. The van der Waals surface area contributed by atoms with Gasteiger partial charge >= 0.3 is 0 Å². The van der Waals surface area contributed by atoms with Crippen LogP contribution in [0.2, 0.25) is 5.02 Å². The minimum Gasteiger partial charge on any atom is -0.285 e. The minimum absolute atomic E-state index is 0.170. The van der Waals surface area contributed by atoms with Crippen molar-refractivity contribution in [3.63, 3.8) is 0 Å². The number of hydrogen-bond acceptors (Lipinski definition) is 2. The molecule has 0 radical (unpaired) electrons. The molecule has 0 fully saturated rings. The first-order chi connectivity index (χ1) is 8.75. The van der Waals surface area contributed by atoms with Crippen LogP contribution in [0.25, 0.3) is 10.9 Å². The van der Waals surface area contributed by atoms with Crippen molar-refractivity contribution < 1.29 is 0 Å². The van der Waals surface area contributed by atoms with E-state index in [2.05, 4.69) is 22.1 Å². The highest BCUT2D eigenvalue weighted by Crippen LogP contribution is 2.31. The molecule has 0 amide bonds. The molecule has 3 heteroatoms. The van der Waals surface area contributed by atoms with E-state index in [9.17, 15) is 0 Å². The highest BCUT2D eigenvalue weighted by atomic mass is 35.5. The van der Waals surface area contributed by atoms with Crippen molar-refractivity contribution in [2.45, 2.75) is 19.4 Å². The Kier molecular flexibility index (Phi) is 2.88. The van der Waals surface area contributed by atoms with Crippen molar-refractivity contribution in [3.05, 3.63) is 52.7 Å². The summed E-state index contributed by atoms with van der Waals surface area (Å²) in [6, 6.07) is 8.11. The molecule has 0 bridgehead atoms. The van der Waals surface area contributed by atoms with Gasteiger partial charge in [-0.2, -0.15) is 0 Å². The molecule has 2 nitrogen and oxygen atoms in total. The van der Waals surface area contributed by atoms with E-state index >= 15 is 0 Å². The van der Waals surface area contributed by atoms with E-state index in [-0.39, 0.29) is 6.04 Å². The number of dihydropyridines is 1. The lowest BCUT2D eigenvalue weighted by atomic mass is 9.99. The largest absolute Gasteiger partial charge is 0.285 e. The summed E-state index contributed by atoms with van der Waals surface area (Å²) < 4.78 is 0. The zero-order chi connectivity index (χ0) is 12.5. The standard InChI is InChI=1S/C15H13ClN2/c1-10-11(14-6-2-3-8-17-14)9-12-13(16)5-4-7-15(12)18-10/h2-5,7-9,14H,6H2,1H3. The summed E-state index contributed by atoms with van der Waals surface area (Å²) in [7, 11) is 0. The molecule has 1 aliphatic heterocycles. The van der Waals surface area contributed by atoms with Crippen LogP contribution in [-0.4, -0.2) is 11.2 Å². The Hall–Kier alpha value is -1.67. The fourth-order valence-corrected chi connectivity index (χ4v) is 2.52. The molecule has 0 N–H and O–H groups in total. The highest BCUT2D eigenvalue weighted by molar-refractivity contribution is 6.35. The molecule has 0 spiro atoms. The van der Waals surface area contributed by atoms with E-state index < -0.39 is 0 Å². The number of fused-ring (bicyclic) bond motifs is 1. The van der Waals surface area contributed by atoms with Gasteiger partial charge in [0.1, 0.15) is 0 Å². The minimum atomic E-state index is 0.170. The molecule has 0 aliphatic carbocycles. The van der Waals surface area contributed by atoms with Crippen LogP contribution in [-0.2, 0) is 0 Å². The third-order valence-electron chi connectivity index (χ3n) is 3.24. The maximum atomic E-state index is 6.23. The molecule has 18 heavy (non-hydrogen) atoms. The van der Waals surface area contributed by atoms with E-state index in [0.717, 1.165) is 33.6 Å². The molecule has 3 rings (SSSR count). The molecule has 1 aliphatic rings. The SMILES string of the molecule is Cc1nc2cccc(Cl)c2cc1C1CC=CC=N1. The van der Waals surface area contributed by atoms with Crippen LogP contribution in [0.3, 0.4) is 0 Å². The van der Waals surface area contributed by atoms with Crippen molar-refractivity contribution in [3.8, 4) is 0 Å². The first-order valence-electron chi connectivity index (χ1n) is 6.00. The average molecular weight is 257 g/mol. The first kappa shape index (κ1) is 11.4. The monoisotopic (exact) mass is 256 g/mol. The second-order valence-corrected chi connectivity index (χ2v) is 4.85. The number of aromatic nitrogens is 1. The summed E-state index contributed by atoms with van der Waals surface area (Å²) in [5.41, 5.74) is 3.14. The summed E-state index contributed by atoms with van der Waals surface area (Å²) in [5, 5.41) is 1.75. The number of nitrogens with zero attached hydrogens (tertiary/aromatic N) is 2. The van der Waals surface area contributed by atoms with Gasteiger partial charge in [-0.1, -0.05) is 23.7 Å². The lowest BCUT2D eigenvalue weighted by Gasteiger charge is -2.16. The quantitative estimate of drug-likeness (QED) is 0.748. The van der Waals surface area contributed by atoms with Crippen LogP contribution >= 0.6 is 11.6 Å². The molecule has 1 aromatic carbocycles. The number of halogens is 1. The Balaban J connectivity index is 2.17. The lowest BCUT2D eigenvalue weighted by molar-refractivity contribution is 0.731. The number of aliphatic imine (C=N–C) groups is 1. The van der Waals surface area contributed by atoms with Crippen LogP contribution < -0.4 is 0 Å². The average Bonchev–Trinajstić information content (AvgIpc) is 2.39. The zero-order valence-electron chi connectivity index (χ0n) is 10.1. The second-order valence-electron chi connectivity index (χ2n) is 4.45. The van der Waals surface area contributed by atoms with Crippen molar-refractivity contribution >= 4 is 28.7 Å². The maximum absolute atomic E-state index is 6.23. The topological polar surface area (TPSA) is 25.2 Å². The van der Waals surface area contributed by atoms with Crippen molar-refractivity contribution in [1.29, 1.82) is 0 Å². The van der Waals surface area contributed by atoms with Crippen molar-refractivity contribution in [2.75, 3.05) is 0 Å². The molecule has 1 unspecified atom stereocenters. The highest BCUT2D eigenvalue weighted by Gasteiger charge is 2.15. The number of benzene rings is 1. The van der Waals surface area contributed by atoms with E-state index in [1.165, 1.54) is 0 Å². The van der Waals surface area contributed by atoms with E-state index in [1.54, 1.807) is 0 Å². The number of rotatable bonds is 1. The molecule has 1 aromatic heterocycles. The fourth-order valence-electron chi connectivity index (χ4n) is 2.30. The van der Waals surface area contributed by atoms with Gasteiger partial charge in [0.25, 0.3) is 0 Å².